The third-order valence-electron chi connectivity index (χ3n) is 2.86. The molecule has 2 aliphatic rings. The minimum atomic E-state index is 0.295. The van der Waals surface area contributed by atoms with Gasteiger partial charge in [-0.3, -0.25) is 4.79 Å². The zero-order chi connectivity index (χ0) is 9.26. The molecule has 0 aromatic rings. The van der Waals surface area contributed by atoms with Crippen molar-refractivity contribution in [3.05, 3.63) is 24.3 Å². The SMILES string of the molecule is C=C1/C=C\CCCN2C(=O)CCC12. The quantitative estimate of drug-likeness (QED) is 0.553. The third kappa shape index (κ3) is 1.53. The maximum atomic E-state index is 11.5. The predicted molar refractivity (Wildman–Crippen MR) is 52.2 cm³/mol. The average molecular weight is 177 g/mol. The van der Waals surface area contributed by atoms with Gasteiger partial charge < -0.3 is 4.90 Å². The first kappa shape index (κ1) is 8.54. The van der Waals surface area contributed by atoms with E-state index in [9.17, 15) is 4.79 Å². The van der Waals surface area contributed by atoms with Gasteiger partial charge in [0.2, 0.25) is 5.91 Å². The van der Waals surface area contributed by atoms with Crippen molar-refractivity contribution in [3.63, 3.8) is 0 Å². The molecule has 1 atom stereocenters. The molecular weight excluding hydrogens is 162 g/mol. The van der Waals surface area contributed by atoms with Crippen molar-refractivity contribution in [3.8, 4) is 0 Å². The van der Waals surface area contributed by atoms with E-state index in [2.05, 4.69) is 18.7 Å². The lowest BCUT2D eigenvalue weighted by Crippen LogP contribution is -2.35. The summed E-state index contributed by atoms with van der Waals surface area (Å²) in [6.07, 6.45) is 8.07. The number of carbonyl (C=O) groups excluding carboxylic acids is 1. The Balaban J connectivity index is 2.21. The number of amides is 1. The third-order valence-corrected chi connectivity index (χ3v) is 2.86. The number of hydrogen-bond donors (Lipinski definition) is 0. The summed E-state index contributed by atoms with van der Waals surface area (Å²) in [7, 11) is 0. The number of fused-ring (bicyclic) bond motifs is 1. The molecule has 0 radical (unpaired) electrons. The molecule has 0 aliphatic carbocycles. The van der Waals surface area contributed by atoms with Crippen LogP contribution < -0.4 is 0 Å². The van der Waals surface area contributed by atoms with Gasteiger partial charge in [-0.25, -0.2) is 0 Å². The van der Waals surface area contributed by atoms with Crippen molar-refractivity contribution in [2.75, 3.05) is 6.54 Å². The topological polar surface area (TPSA) is 20.3 Å². The molecule has 0 bridgehead atoms. The fourth-order valence-corrected chi connectivity index (χ4v) is 2.12. The first-order valence-electron chi connectivity index (χ1n) is 4.94. The highest BCUT2D eigenvalue weighted by atomic mass is 16.2. The number of nitrogens with zero attached hydrogens (tertiary/aromatic N) is 1. The van der Waals surface area contributed by atoms with Gasteiger partial charge in [-0.1, -0.05) is 18.7 Å². The van der Waals surface area contributed by atoms with Gasteiger partial charge in [-0.05, 0) is 24.8 Å². The minimum Gasteiger partial charge on any atom is -0.336 e. The molecule has 13 heavy (non-hydrogen) atoms. The molecule has 2 aliphatic heterocycles. The first-order valence-corrected chi connectivity index (χ1v) is 4.94. The molecule has 1 saturated heterocycles. The van der Waals surface area contributed by atoms with Crippen LogP contribution in [0, 0.1) is 0 Å². The van der Waals surface area contributed by atoms with E-state index in [1.807, 2.05) is 4.90 Å². The lowest BCUT2D eigenvalue weighted by Gasteiger charge is -2.26. The Hall–Kier alpha value is -1.05. The molecule has 1 amide bonds. The second-order valence-electron chi connectivity index (χ2n) is 3.76. The Bertz CT molecular complexity index is 267. The summed E-state index contributed by atoms with van der Waals surface area (Å²) in [5.41, 5.74) is 1.10. The zero-order valence-electron chi connectivity index (χ0n) is 7.83. The summed E-state index contributed by atoms with van der Waals surface area (Å²) in [6.45, 7) is 4.92. The van der Waals surface area contributed by atoms with Crippen molar-refractivity contribution in [1.29, 1.82) is 0 Å². The molecule has 2 heterocycles. The molecule has 0 saturated carbocycles. The van der Waals surface area contributed by atoms with Gasteiger partial charge in [-0.2, -0.15) is 0 Å². The van der Waals surface area contributed by atoms with Crippen LogP contribution in [-0.4, -0.2) is 23.4 Å². The molecule has 0 N–H and O–H groups in total. The summed E-state index contributed by atoms with van der Waals surface area (Å²) in [4.78, 5) is 13.5. The Labute approximate surface area is 78.9 Å². The number of rotatable bonds is 0. The van der Waals surface area contributed by atoms with Crippen LogP contribution in [0.25, 0.3) is 0 Å². The lowest BCUT2D eigenvalue weighted by atomic mass is 10.0. The Morgan fingerprint density at radius 3 is 3.23 bits per heavy atom. The van der Waals surface area contributed by atoms with Crippen LogP contribution in [0.3, 0.4) is 0 Å². The highest BCUT2D eigenvalue weighted by Gasteiger charge is 2.31. The van der Waals surface area contributed by atoms with Gasteiger partial charge in [0, 0.05) is 13.0 Å². The number of hydrogen-bond acceptors (Lipinski definition) is 1. The van der Waals surface area contributed by atoms with Crippen LogP contribution >= 0.6 is 0 Å². The van der Waals surface area contributed by atoms with Gasteiger partial charge in [-0.15, -0.1) is 0 Å². The Morgan fingerprint density at radius 2 is 2.38 bits per heavy atom. The van der Waals surface area contributed by atoms with Crippen molar-refractivity contribution in [1.82, 2.24) is 4.90 Å². The molecule has 1 fully saturated rings. The van der Waals surface area contributed by atoms with Gasteiger partial charge in [0.05, 0.1) is 6.04 Å². The van der Waals surface area contributed by atoms with E-state index in [0.717, 1.165) is 31.4 Å². The zero-order valence-corrected chi connectivity index (χ0v) is 7.83. The second kappa shape index (κ2) is 3.36. The van der Waals surface area contributed by atoms with E-state index in [0.29, 0.717) is 18.4 Å². The number of allylic oxidation sites excluding steroid dienone is 1. The molecule has 2 nitrogen and oxygen atoms in total. The van der Waals surface area contributed by atoms with Gasteiger partial charge >= 0.3 is 0 Å². The normalized spacial score (nSPS) is 31.1. The Morgan fingerprint density at radius 1 is 1.54 bits per heavy atom. The van der Waals surface area contributed by atoms with Crippen LogP contribution in [0.15, 0.2) is 24.3 Å². The monoisotopic (exact) mass is 177 g/mol. The van der Waals surface area contributed by atoms with Crippen molar-refractivity contribution < 1.29 is 4.79 Å². The molecule has 2 heteroatoms. The van der Waals surface area contributed by atoms with E-state index in [-0.39, 0.29) is 0 Å². The molecule has 1 unspecified atom stereocenters. The lowest BCUT2D eigenvalue weighted by molar-refractivity contribution is -0.128. The largest absolute Gasteiger partial charge is 0.336 e. The molecule has 2 rings (SSSR count). The summed E-state index contributed by atoms with van der Waals surface area (Å²) in [5, 5.41) is 0. The molecule has 0 spiro atoms. The van der Waals surface area contributed by atoms with E-state index >= 15 is 0 Å². The van der Waals surface area contributed by atoms with Crippen LogP contribution in [0.4, 0.5) is 0 Å². The second-order valence-corrected chi connectivity index (χ2v) is 3.76. The number of carbonyl (C=O) groups is 1. The first-order chi connectivity index (χ1) is 6.29. The van der Waals surface area contributed by atoms with E-state index in [1.54, 1.807) is 0 Å². The van der Waals surface area contributed by atoms with Gasteiger partial charge in [0.15, 0.2) is 0 Å². The molecule has 70 valence electrons. The van der Waals surface area contributed by atoms with E-state index in [1.165, 1.54) is 0 Å². The van der Waals surface area contributed by atoms with Crippen molar-refractivity contribution >= 4 is 5.91 Å². The maximum absolute atomic E-state index is 11.5. The van der Waals surface area contributed by atoms with Crippen LogP contribution in [0.2, 0.25) is 0 Å². The summed E-state index contributed by atoms with van der Waals surface area (Å²) in [5.74, 6) is 0.307. The molecular formula is C11H15NO. The molecule has 0 aromatic carbocycles. The minimum absolute atomic E-state index is 0.295. The fourth-order valence-electron chi connectivity index (χ4n) is 2.12. The van der Waals surface area contributed by atoms with Crippen LogP contribution in [0.1, 0.15) is 25.7 Å². The van der Waals surface area contributed by atoms with Crippen LogP contribution in [-0.2, 0) is 4.79 Å². The van der Waals surface area contributed by atoms with E-state index in [4.69, 9.17) is 0 Å². The highest BCUT2D eigenvalue weighted by Crippen LogP contribution is 2.26. The predicted octanol–water partition coefficient (Wildman–Crippen LogP) is 1.88. The van der Waals surface area contributed by atoms with Gasteiger partial charge in [0.1, 0.15) is 0 Å². The summed E-state index contributed by atoms with van der Waals surface area (Å²) < 4.78 is 0. The van der Waals surface area contributed by atoms with Crippen molar-refractivity contribution in [2.24, 2.45) is 0 Å². The van der Waals surface area contributed by atoms with Gasteiger partial charge in [0.25, 0.3) is 0 Å². The fraction of sp³-hybridized carbons (Fsp3) is 0.545. The van der Waals surface area contributed by atoms with E-state index < -0.39 is 0 Å². The molecule has 0 aromatic heterocycles. The standard InChI is InChI=1S/C11H15NO/c1-9-5-3-2-4-8-12-10(9)6-7-11(12)13/h3,5,10H,1-2,4,6-8H2/b5-3-. The maximum Gasteiger partial charge on any atom is 0.223 e. The van der Waals surface area contributed by atoms with Crippen molar-refractivity contribution in [2.45, 2.75) is 31.7 Å². The summed E-state index contributed by atoms with van der Waals surface area (Å²) in [6, 6.07) is 0.295. The highest BCUT2D eigenvalue weighted by molar-refractivity contribution is 5.79. The Kier molecular flexibility index (Phi) is 2.21. The smallest absolute Gasteiger partial charge is 0.223 e. The van der Waals surface area contributed by atoms with Crippen LogP contribution in [0.5, 0.6) is 0 Å². The summed E-state index contributed by atoms with van der Waals surface area (Å²) >= 11 is 0. The average Bonchev–Trinajstić information content (AvgIpc) is 2.43.